The van der Waals surface area contributed by atoms with Crippen molar-refractivity contribution in [1.82, 2.24) is 19.2 Å². The number of benzene rings is 1. The number of carbonyl (C=O) groups is 1. The molecule has 3 aromatic rings. The summed E-state index contributed by atoms with van der Waals surface area (Å²) >= 11 is 0. The van der Waals surface area contributed by atoms with Crippen molar-refractivity contribution in [3.63, 3.8) is 0 Å². The lowest BCUT2D eigenvalue weighted by atomic mass is 10.0. The van der Waals surface area contributed by atoms with E-state index in [1.807, 2.05) is 40.7 Å². The Hall–Kier alpha value is -2.71. The van der Waals surface area contributed by atoms with Crippen LogP contribution in [0.5, 0.6) is 0 Å². The molecule has 2 saturated heterocycles. The number of para-hydroxylation sites is 1. The molecular formula is C21H24N4O4. The highest BCUT2D eigenvalue weighted by Crippen LogP contribution is 2.34. The minimum absolute atomic E-state index is 0.000588. The van der Waals surface area contributed by atoms with Gasteiger partial charge in [0, 0.05) is 43.8 Å². The van der Waals surface area contributed by atoms with Gasteiger partial charge in [-0.2, -0.15) is 5.10 Å². The Morgan fingerprint density at radius 2 is 1.83 bits per heavy atom. The third-order valence-electron chi connectivity index (χ3n) is 6.20. The van der Waals surface area contributed by atoms with E-state index in [1.54, 1.807) is 13.2 Å². The summed E-state index contributed by atoms with van der Waals surface area (Å²) in [6.07, 6.45) is 3.04. The van der Waals surface area contributed by atoms with Crippen LogP contribution in [0.15, 0.2) is 35.3 Å². The van der Waals surface area contributed by atoms with E-state index in [1.165, 1.54) is 4.68 Å². The van der Waals surface area contributed by atoms with E-state index in [0.717, 1.165) is 16.3 Å². The molecule has 2 aromatic heterocycles. The van der Waals surface area contributed by atoms with E-state index in [-0.39, 0.29) is 11.5 Å². The Bertz CT molecular complexity index is 1150. The highest BCUT2D eigenvalue weighted by molar-refractivity contribution is 6.08. The molecule has 1 spiro atoms. The van der Waals surface area contributed by atoms with E-state index in [9.17, 15) is 9.59 Å². The van der Waals surface area contributed by atoms with Crippen molar-refractivity contribution in [2.45, 2.75) is 31.6 Å². The van der Waals surface area contributed by atoms with Crippen molar-refractivity contribution >= 4 is 27.7 Å². The first-order chi connectivity index (χ1) is 14.0. The maximum atomic E-state index is 13.4. The number of ether oxygens (including phenoxy) is 2. The molecule has 5 rings (SSSR count). The van der Waals surface area contributed by atoms with E-state index >= 15 is 0 Å². The van der Waals surface area contributed by atoms with Crippen LogP contribution < -0.4 is 5.56 Å². The van der Waals surface area contributed by atoms with Gasteiger partial charge in [-0.25, -0.2) is 4.68 Å². The summed E-state index contributed by atoms with van der Waals surface area (Å²) < 4.78 is 14.7. The Labute approximate surface area is 167 Å². The van der Waals surface area contributed by atoms with Crippen LogP contribution in [0.3, 0.4) is 0 Å². The number of piperidine rings is 1. The number of fused-ring (bicyclic) bond motifs is 3. The van der Waals surface area contributed by atoms with Gasteiger partial charge in [0.2, 0.25) is 5.91 Å². The summed E-state index contributed by atoms with van der Waals surface area (Å²) in [7, 11) is 1.63. The van der Waals surface area contributed by atoms with Crippen molar-refractivity contribution in [3.05, 3.63) is 40.8 Å². The maximum absolute atomic E-state index is 13.4. The first-order valence-corrected chi connectivity index (χ1v) is 10.0. The molecule has 2 fully saturated rings. The fraction of sp³-hybridized carbons (Fsp3) is 0.476. The molecule has 0 saturated carbocycles. The molecule has 1 aromatic carbocycles. The number of carbonyl (C=O) groups excluding carboxylic acids is 1. The average Bonchev–Trinajstić information content (AvgIpc) is 3.33. The number of aromatic nitrogens is 3. The van der Waals surface area contributed by atoms with E-state index < -0.39 is 11.8 Å². The molecule has 8 nitrogen and oxygen atoms in total. The number of nitrogens with zero attached hydrogens (tertiary/aromatic N) is 4. The van der Waals surface area contributed by atoms with Gasteiger partial charge in [0.25, 0.3) is 5.56 Å². The molecule has 4 heterocycles. The molecule has 0 radical (unpaired) electrons. The van der Waals surface area contributed by atoms with Crippen LogP contribution in [0.1, 0.15) is 25.8 Å². The van der Waals surface area contributed by atoms with Crippen molar-refractivity contribution < 1.29 is 14.3 Å². The third kappa shape index (κ3) is 2.78. The topological polar surface area (TPSA) is 78.6 Å². The van der Waals surface area contributed by atoms with Crippen molar-refractivity contribution in [1.29, 1.82) is 0 Å². The summed E-state index contributed by atoms with van der Waals surface area (Å²) in [5.74, 6) is -0.520. The van der Waals surface area contributed by atoms with Crippen molar-refractivity contribution in [2.24, 2.45) is 7.05 Å². The quantitative estimate of drug-likeness (QED) is 0.660. The van der Waals surface area contributed by atoms with Crippen LogP contribution in [0.4, 0.5) is 0 Å². The van der Waals surface area contributed by atoms with Gasteiger partial charge in [0.15, 0.2) is 5.79 Å². The zero-order valence-electron chi connectivity index (χ0n) is 16.6. The summed E-state index contributed by atoms with van der Waals surface area (Å²) in [6, 6.07) is 7.26. The molecule has 2 aliphatic rings. The Morgan fingerprint density at radius 3 is 2.55 bits per heavy atom. The van der Waals surface area contributed by atoms with Gasteiger partial charge >= 0.3 is 0 Å². The van der Waals surface area contributed by atoms with Gasteiger partial charge in [0.05, 0.1) is 24.9 Å². The predicted octanol–water partition coefficient (Wildman–Crippen LogP) is 1.81. The number of rotatable bonds is 2. The molecule has 1 atom stereocenters. The lowest BCUT2D eigenvalue weighted by molar-refractivity contribution is -0.188. The van der Waals surface area contributed by atoms with E-state index in [0.29, 0.717) is 44.7 Å². The zero-order valence-corrected chi connectivity index (χ0v) is 16.6. The molecule has 1 amide bonds. The van der Waals surface area contributed by atoms with Gasteiger partial charge in [0.1, 0.15) is 11.6 Å². The molecule has 0 bridgehead atoms. The minimum Gasteiger partial charge on any atom is -0.347 e. The highest BCUT2D eigenvalue weighted by atomic mass is 16.7. The summed E-state index contributed by atoms with van der Waals surface area (Å²) in [4.78, 5) is 28.2. The predicted molar refractivity (Wildman–Crippen MR) is 108 cm³/mol. The number of hydrogen-bond acceptors (Lipinski definition) is 5. The molecule has 2 aliphatic heterocycles. The van der Waals surface area contributed by atoms with Crippen molar-refractivity contribution in [3.8, 4) is 0 Å². The van der Waals surface area contributed by atoms with Gasteiger partial charge in [-0.05, 0) is 13.0 Å². The molecule has 29 heavy (non-hydrogen) atoms. The van der Waals surface area contributed by atoms with Crippen LogP contribution in [-0.2, 0) is 21.3 Å². The fourth-order valence-corrected chi connectivity index (χ4v) is 4.62. The second kappa shape index (κ2) is 6.67. The molecule has 1 unspecified atom stereocenters. The molecule has 0 N–H and O–H groups in total. The highest BCUT2D eigenvalue weighted by Gasteiger charge is 2.41. The van der Waals surface area contributed by atoms with Crippen LogP contribution in [0.2, 0.25) is 0 Å². The van der Waals surface area contributed by atoms with E-state index in [2.05, 4.69) is 5.10 Å². The Balaban J connectivity index is 1.54. The van der Waals surface area contributed by atoms with Crippen LogP contribution >= 0.6 is 0 Å². The molecule has 8 heteroatoms. The number of amides is 1. The number of aryl methyl sites for hydroxylation is 1. The van der Waals surface area contributed by atoms with Crippen LogP contribution in [0, 0.1) is 0 Å². The van der Waals surface area contributed by atoms with Crippen molar-refractivity contribution in [2.75, 3.05) is 26.3 Å². The second-order valence-electron chi connectivity index (χ2n) is 7.83. The lowest BCUT2D eigenvalue weighted by Gasteiger charge is -2.38. The Morgan fingerprint density at radius 1 is 1.14 bits per heavy atom. The number of likely N-dealkylation sites (tertiary alicyclic amines) is 1. The van der Waals surface area contributed by atoms with Gasteiger partial charge < -0.3 is 18.9 Å². The SMILES string of the molecule is CC(C(=O)N1CCC2(CC1)OCCO2)n1c2ccccc2c2cnn(C)c(=O)c21. The fourth-order valence-electron chi connectivity index (χ4n) is 4.62. The first-order valence-electron chi connectivity index (χ1n) is 10.0. The summed E-state index contributed by atoms with van der Waals surface area (Å²) in [6.45, 7) is 4.26. The summed E-state index contributed by atoms with van der Waals surface area (Å²) in [5, 5.41) is 5.87. The zero-order chi connectivity index (χ0) is 20.2. The molecule has 152 valence electrons. The van der Waals surface area contributed by atoms with Gasteiger partial charge in [-0.15, -0.1) is 0 Å². The minimum atomic E-state index is -0.519. The summed E-state index contributed by atoms with van der Waals surface area (Å²) in [5.41, 5.74) is 1.17. The third-order valence-corrected chi connectivity index (χ3v) is 6.20. The van der Waals surface area contributed by atoms with Crippen LogP contribution in [0.25, 0.3) is 21.8 Å². The second-order valence-corrected chi connectivity index (χ2v) is 7.83. The lowest BCUT2D eigenvalue weighted by Crippen LogP contribution is -2.48. The largest absolute Gasteiger partial charge is 0.347 e. The average molecular weight is 396 g/mol. The normalized spacial score (nSPS) is 20.0. The number of hydrogen-bond donors (Lipinski definition) is 0. The van der Waals surface area contributed by atoms with Crippen LogP contribution in [-0.4, -0.2) is 57.2 Å². The molecule has 0 aliphatic carbocycles. The smallest absolute Gasteiger partial charge is 0.291 e. The van der Waals surface area contributed by atoms with Gasteiger partial charge in [-0.3, -0.25) is 9.59 Å². The van der Waals surface area contributed by atoms with E-state index in [4.69, 9.17) is 9.47 Å². The monoisotopic (exact) mass is 396 g/mol. The first kappa shape index (κ1) is 18.3. The molecular weight excluding hydrogens is 372 g/mol. The van der Waals surface area contributed by atoms with Gasteiger partial charge in [-0.1, -0.05) is 18.2 Å². The standard InChI is InChI=1S/C21H24N4O4/c1-14(19(26)24-9-7-21(8-10-24)28-11-12-29-21)25-17-6-4-3-5-15(17)16-13-22-23(2)20(27)18(16)25/h3-6,13-14H,7-12H2,1-2H3. The maximum Gasteiger partial charge on any atom is 0.291 e. The Kier molecular flexibility index (Phi) is 4.22.